The number of nitrogens with two attached hydrogens (primary N) is 1. The normalized spacial score (nSPS) is 19.5. The van der Waals surface area contributed by atoms with Gasteiger partial charge in [0.15, 0.2) is 5.60 Å². The van der Waals surface area contributed by atoms with E-state index in [1.807, 2.05) is 19.9 Å². The largest absolute Gasteiger partial charge is 0.375 e. The first-order valence-corrected chi connectivity index (χ1v) is 9.49. The summed E-state index contributed by atoms with van der Waals surface area (Å²) < 4.78 is 1.81. The number of carbonyl (C=O) groups excluding carboxylic acids is 2. The second kappa shape index (κ2) is 6.66. The van der Waals surface area contributed by atoms with Crippen molar-refractivity contribution in [3.05, 3.63) is 47.8 Å². The summed E-state index contributed by atoms with van der Waals surface area (Å²) in [6, 6.07) is 8.80. The van der Waals surface area contributed by atoms with Crippen LogP contribution in [0.2, 0.25) is 0 Å². The molecule has 1 atom stereocenters. The number of fused-ring (bicyclic) bond motifs is 1. The molecule has 8 heteroatoms. The summed E-state index contributed by atoms with van der Waals surface area (Å²) in [5.74, 6) is -0.960. The van der Waals surface area contributed by atoms with E-state index in [9.17, 15) is 14.7 Å². The summed E-state index contributed by atoms with van der Waals surface area (Å²) >= 11 is 0. The van der Waals surface area contributed by atoms with Gasteiger partial charge in [0.1, 0.15) is 5.69 Å². The molecular formula is C21H23N5O3. The molecule has 0 aliphatic carbocycles. The maximum absolute atomic E-state index is 12.5. The first-order valence-electron chi connectivity index (χ1n) is 9.49. The predicted octanol–water partition coefficient (Wildman–Crippen LogP) is 1.83. The van der Waals surface area contributed by atoms with Gasteiger partial charge < -0.3 is 15.7 Å². The molecule has 3 aromatic rings. The molecule has 3 heterocycles. The third kappa shape index (κ3) is 2.96. The van der Waals surface area contributed by atoms with Crippen LogP contribution in [0.25, 0.3) is 22.2 Å². The minimum atomic E-state index is -1.56. The smallest absolute Gasteiger partial charge is 0.267 e. The van der Waals surface area contributed by atoms with Crippen molar-refractivity contribution in [2.24, 2.45) is 5.73 Å². The summed E-state index contributed by atoms with van der Waals surface area (Å²) in [4.78, 5) is 30.4. The fourth-order valence-corrected chi connectivity index (χ4v) is 3.84. The molecule has 3 N–H and O–H groups in total. The third-order valence-electron chi connectivity index (χ3n) is 5.46. The Morgan fingerprint density at radius 3 is 2.69 bits per heavy atom. The van der Waals surface area contributed by atoms with Gasteiger partial charge in [-0.05, 0) is 31.5 Å². The van der Waals surface area contributed by atoms with Crippen LogP contribution in [-0.2, 0) is 10.4 Å². The number of amides is 2. The van der Waals surface area contributed by atoms with Crippen LogP contribution in [0, 0.1) is 0 Å². The highest BCUT2D eigenvalue weighted by atomic mass is 16.3. The van der Waals surface area contributed by atoms with Crippen LogP contribution in [0.4, 0.5) is 0 Å². The fraction of sp³-hybridized carbons (Fsp3) is 0.333. The fourth-order valence-electron chi connectivity index (χ4n) is 3.84. The van der Waals surface area contributed by atoms with Crippen LogP contribution in [0.5, 0.6) is 0 Å². The van der Waals surface area contributed by atoms with Gasteiger partial charge in [-0.15, -0.1) is 0 Å². The molecule has 4 rings (SSSR count). The number of rotatable bonds is 4. The SMILES string of the molecule is CC(C)n1ncc2c(-c3cccc([C@]4(O)CCN(C)C4=O)c3)nc(C(N)=O)cc21. The predicted molar refractivity (Wildman–Crippen MR) is 108 cm³/mol. The summed E-state index contributed by atoms with van der Waals surface area (Å²) in [6.45, 7) is 4.48. The van der Waals surface area contributed by atoms with Crippen molar-refractivity contribution in [2.45, 2.75) is 31.9 Å². The highest BCUT2D eigenvalue weighted by Gasteiger charge is 2.45. The third-order valence-corrected chi connectivity index (χ3v) is 5.46. The van der Waals surface area contributed by atoms with Gasteiger partial charge in [-0.1, -0.05) is 18.2 Å². The van der Waals surface area contributed by atoms with Crippen LogP contribution < -0.4 is 5.73 Å². The summed E-state index contributed by atoms with van der Waals surface area (Å²) in [7, 11) is 1.67. The topological polar surface area (TPSA) is 114 Å². The Bertz CT molecular complexity index is 1140. The van der Waals surface area contributed by atoms with Crippen molar-refractivity contribution in [1.29, 1.82) is 0 Å². The van der Waals surface area contributed by atoms with E-state index in [-0.39, 0.29) is 17.6 Å². The summed E-state index contributed by atoms with van der Waals surface area (Å²) in [5.41, 5.74) is 6.54. The molecule has 1 aliphatic heterocycles. The van der Waals surface area contributed by atoms with Crippen molar-refractivity contribution < 1.29 is 14.7 Å². The number of hydrogen-bond acceptors (Lipinski definition) is 5. The van der Waals surface area contributed by atoms with Crippen LogP contribution in [0.3, 0.4) is 0 Å². The number of aliphatic hydroxyl groups is 1. The summed E-state index contributed by atoms with van der Waals surface area (Å²) in [5, 5.41) is 16.2. The molecule has 0 saturated carbocycles. The van der Waals surface area contributed by atoms with Gasteiger partial charge in [0.2, 0.25) is 0 Å². The Labute approximate surface area is 167 Å². The molecule has 1 aromatic carbocycles. The van der Waals surface area contributed by atoms with Crippen LogP contribution in [0.15, 0.2) is 36.5 Å². The number of carbonyl (C=O) groups is 2. The standard InChI is InChI=1S/C21H23N5O3/c1-12(2)26-17-10-16(19(22)27)24-18(15(17)11-23-26)13-5-4-6-14(9-13)21(29)7-8-25(3)20(21)28/h4-6,9-12,29H,7-8H2,1-3H3,(H2,22,27)/t21-/m1/s1. The molecule has 0 radical (unpaired) electrons. The number of nitrogens with zero attached hydrogens (tertiary/aromatic N) is 4. The number of hydrogen-bond donors (Lipinski definition) is 2. The van der Waals surface area contributed by atoms with E-state index in [1.165, 1.54) is 4.90 Å². The van der Waals surface area contributed by atoms with Crippen molar-refractivity contribution >= 4 is 22.7 Å². The molecule has 0 bridgehead atoms. The molecule has 29 heavy (non-hydrogen) atoms. The zero-order chi connectivity index (χ0) is 20.9. The maximum atomic E-state index is 12.5. The maximum Gasteiger partial charge on any atom is 0.267 e. The summed E-state index contributed by atoms with van der Waals surface area (Å²) in [6.07, 6.45) is 2.03. The highest BCUT2D eigenvalue weighted by molar-refractivity contribution is 6.00. The lowest BCUT2D eigenvalue weighted by atomic mass is 9.90. The molecule has 1 aliphatic rings. The van der Waals surface area contributed by atoms with Crippen molar-refractivity contribution in [3.63, 3.8) is 0 Å². The van der Waals surface area contributed by atoms with E-state index in [2.05, 4.69) is 10.1 Å². The lowest BCUT2D eigenvalue weighted by Crippen LogP contribution is -2.36. The minimum Gasteiger partial charge on any atom is -0.375 e. The number of likely N-dealkylation sites (N-methyl/N-ethyl adjacent to an activating group) is 1. The second-order valence-corrected chi connectivity index (χ2v) is 7.75. The van der Waals surface area contributed by atoms with Crippen LogP contribution in [-0.4, -0.2) is 50.2 Å². The molecule has 1 saturated heterocycles. The molecule has 0 unspecified atom stereocenters. The van der Waals surface area contributed by atoms with E-state index in [4.69, 9.17) is 5.73 Å². The molecule has 2 amide bonds. The first kappa shape index (κ1) is 19.1. The molecule has 1 fully saturated rings. The second-order valence-electron chi connectivity index (χ2n) is 7.75. The molecule has 150 valence electrons. The van der Waals surface area contributed by atoms with E-state index in [0.29, 0.717) is 29.8 Å². The number of likely N-dealkylation sites (tertiary alicyclic amines) is 1. The van der Waals surface area contributed by atoms with E-state index in [0.717, 1.165) is 10.9 Å². The Kier molecular flexibility index (Phi) is 4.38. The zero-order valence-electron chi connectivity index (χ0n) is 16.6. The average Bonchev–Trinajstić information content (AvgIpc) is 3.25. The Morgan fingerprint density at radius 2 is 2.07 bits per heavy atom. The average molecular weight is 393 g/mol. The first-order chi connectivity index (χ1) is 13.7. The van der Waals surface area contributed by atoms with Crippen molar-refractivity contribution in [3.8, 4) is 11.3 Å². The van der Waals surface area contributed by atoms with Crippen molar-refractivity contribution in [2.75, 3.05) is 13.6 Å². The van der Waals surface area contributed by atoms with E-state index < -0.39 is 11.5 Å². The lowest BCUT2D eigenvalue weighted by molar-refractivity contribution is -0.143. The highest BCUT2D eigenvalue weighted by Crippen LogP contribution is 2.36. The van der Waals surface area contributed by atoms with E-state index >= 15 is 0 Å². The number of pyridine rings is 1. The van der Waals surface area contributed by atoms with Gasteiger partial charge in [0.25, 0.3) is 11.8 Å². The Balaban J connectivity index is 1.92. The minimum absolute atomic E-state index is 0.0853. The van der Waals surface area contributed by atoms with Gasteiger partial charge in [0, 0.05) is 37.0 Å². The van der Waals surface area contributed by atoms with Crippen LogP contribution in [0.1, 0.15) is 42.4 Å². The van der Waals surface area contributed by atoms with Crippen molar-refractivity contribution in [1.82, 2.24) is 19.7 Å². The molecular weight excluding hydrogens is 370 g/mol. The van der Waals surface area contributed by atoms with Crippen LogP contribution >= 0.6 is 0 Å². The lowest BCUT2D eigenvalue weighted by Gasteiger charge is -2.22. The molecule has 0 spiro atoms. The monoisotopic (exact) mass is 393 g/mol. The van der Waals surface area contributed by atoms with E-state index in [1.54, 1.807) is 42.2 Å². The quantitative estimate of drug-likeness (QED) is 0.702. The zero-order valence-corrected chi connectivity index (χ0v) is 16.6. The van der Waals surface area contributed by atoms with Gasteiger partial charge in [0.05, 0.1) is 17.4 Å². The molecule has 8 nitrogen and oxygen atoms in total. The van der Waals surface area contributed by atoms with Gasteiger partial charge in [-0.3, -0.25) is 14.3 Å². The van der Waals surface area contributed by atoms with Gasteiger partial charge >= 0.3 is 0 Å². The Morgan fingerprint density at radius 1 is 1.31 bits per heavy atom. The van der Waals surface area contributed by atoms with Gasteiger partial charge in [-0.2, -0.15) is 5.10 Å². The number of aromatic nitrogens is 3. The van der Waals surface area contributed by atoms with Gasteiger partial charge in [-0.25, -0.2) is 4.98 Å². The Hall–Kier alpha value is -3.26. The number of primary amides is 1. The molecule has 2 aromatic heterocycles. The number of benzene rings is 1.